The summed E-state index contributed by atoms with van der Waals surface area (Å²) in [5.74, 6) is -0.385. The summed E-state index contributed by atoms with van der Waals surface area (Å²) in [6, 6.07) is 26.4. The maximum atomic E-state index is 13.9. The standard InChI is InChI=1S/C28H32N2O2S2/c1-5-21(3)33-29(23-15-9-7-10-16-23)27(31)25-19-13-14-20-26(25)28(32)30(34-22(4)6-2)24-17-11-8-12-18-24/h7-22H,5-6H2,1-4H3. The molecule has 0 aromatic heterocycles. The molecule has 2 atom stereocenters. The topological polar surface area (TPSA) is 40.6 Å². The number of benzene rings is 3. The average Bonchev–Trinajstić information content (AvgIpc) is 2.90. The van der Waals surface area contributed by atoms with Crippen LogP contribution in [0.25, 0.3) is 0 Å². The van der Waals surface area contributed by atoms with Gasteiger partial charge in [0.25, 0.3) is 11.8 Å². The highest BCUT2D eigenvalue weighted by molar-refractivity contribution is 8.02. The molecule has 0 heterocycles. The molecule has 0 aliphatic rings. The Labute approximate surface area is 212 Å². The van der Waals surface area contributed by atoms with Crippen LogP contribution in [0.5, 0.6) is 0 Å². The first kappa shape index (κ1) is 25.9. The molecule has 6 heteroatoms. The molecule has 0 bridgehead atoms. The molecular weight excluding hydrogens is 460 g/mol. The Morgan fingerprint density at radius 3 is 1.26 bits per heavy atom. The second-order valence-corrected chi connectivity index (χ2v) is 10.8. The van der Waals surface area contributed by atoms with E-state index in [1.165, 1.54) is 23.9 Å². The van der Waals surface area contributed by atoms with Gasteiger partial charge in [0.2, 0.25) is 0 Å². The number of hydrogen-bond donors (Lipinski definition) is 0. The number of rotatable bonds is 10. The third-order valence-corrected chi connectivity index (χ3v) is 8.02. The van der Waals surface area contributed by atoms with Crippen LogP contribution in [-0.2, 0) is 0 Å². The van der Waals surface area contributed by atoms with E-state index in [4.69, 9.17) is 0 Å². The molecule has 4 nitrogen and oxygen atoms in total. The number of carbonyl (C=O) groups excluding carboxylic acids is 2. The van der Waals surface area contributed by atoms with E-state index in [-0.39, 0.29) is 22.3 Å². The minimum atomic E-state index is -0.193. The highest BCUT2D eigenvalue weighted by Gasteiger charge is 2.28. The van der Waals surface area contributed by atoms with E-state index >= 15 is 0 Å². The normalized spacial score (nSPS) is 12.6. The van der Waals surface area contributed by atoms with Gasteiger partial charge in [0.05, 0.1) is 22.5 Å². The van der Waals surface area contributed by atoms with Crippen LogP contribution in [0.2, 0.25) is 0 Å². The van der Waals surface area contributed by atoms with Crippen molar-refractivity contribution in [1.29, 1.82) is 0 Å². The van der Waals surface area contributed by atoms with Crippen molar-refractivity contribution in [2.45, 2.75) is 51.0 Å². The lowest BCUT2D eigenvalue weighted by Gasteiger charge is -2.27. The number of carbonyl (C=O) groups is 2. The van der Waals surface area contributed by atoms with Crippen LogP contribution in [0.4, 0.5) is 11.4 Å². The molecule has 0 fully saturated rings. The first-order valence-electron chi connectivity index (χ1n) is 11.7. The van der Waals surface area contributed by atoms with E-state index in [9.17, 15) is 9.59 Å². The van der Waals surface area contributed by atoms with Crippen molar-refractivity contribution in [1.82, 2.24) is 0 Å². The Morgan fingerprint density at radius 2 is 0.941 bits per heavy atom. The third-order valence-electron chi connectivity index (χ3n) is 5.46. The molecule has 0 saturated carbocycles. The van der Waals surface area contributed by atoms with Gasteiger partial charge in [-0.2, -0.15) is 0 Å². The minimum Gasteiger partial charge on any atom is -0.268 e. The molecule has 3 rings (SSSR count). The molecule has 2 unspecified atom stereocenters. The predicted molar refractivity (Wildman–Crippen MR) is 148 cm³/mol. The molecule has 0 spiro atoms. The van der Waals surface area contributed by atoms with Crippen molar-refractivity contribution in [2.75, 3.05) is 8.61 Å². The van der Waals surface area contributed by atoms with Gasteiger partial charge in [-0.1, -0.05) is 76.2 Å². The fourth-order valence-corrected chi connectivity index (χ4v) is 5.06. The number of nitrogens with zero attached hydrogens (tertiary/aromatic N) is 2. The summed E-state index contributed by atoms with van der Waals surface area (Å²) in [5.41, 5.74) is 2.40. The fraction of sp³-hybridized carbons (Fsp3) is 0.286. The van der Waals surface area contributed by atoms with Crippen LogP contribution in [0.15, 0.2) is 84.9 Å². The van der Waals surface area contributed by atoms with Crippen LogP contribution in [-0.4, -0.2) is 22.3 Å². The molecule has 0 aliphatic carbocycles. The van der Waals surface area contributed by atoms with Crippen molar-refractivity contribution in [3.8, 4) is 0 Å². The molecule has 3 aromatic rings. The van der Waals surface area contributed by atoms with E-state index < -0.39 is 0 Å². The summed E-state index contributed by atoms with van der Waals surface area (Å²) < 4.78 is 3.43. The van der Waals surface area contributed by atoms with Crippen LogP contribution in [0.1, 0.15) is 61.3 Å². The highest BCUT2D eigenvalue weighted by Crippen LogP contribution is 2.33. The predicted octanol–water partition coefficient (Wildman–Crippen LogP) is 7.87. The average molecular weight is 493 g/mol. The van der Waals surface area contributed by atoms with Gasteiger partial charge in [0.15, 0.2) is 0 Å². The zero-order valence-corrected chi connectivity index (χ0v) is 21.8. The lowest BCUT2D eigenvalue weighted by molar-refractivity contribution is 0.0975. The number of para-hydroxylation sites is 2. The Kier molecular flexibility index (Phi) is 9.66. The van der Waals surface area contributed by atoms with Crippen molar-refractivity contribution in [3.63, 3.8) is 0 Å². The fourth-order valence-electron chi connectivity index (χ4n) is 3.16. The SMILES string of the molecule is CCC(C)SN(C(=O)c1ccccc1C(=O)N(SC(C)CC)c1ccccc1)c1ccccc1. The van der Waals surface area contributed by atoms with E-state index in [2.05, 4.69) is 27.7 Å². The van der Waals surface area contributed by atoms with Gasteiger partial charge in [-0.25, -0.2) is 8.61 Å². The zero-order valence-electron chi connectivity index (χ0n) is 20.2. The van der Waals surface area contributed by atoms with Crippen molar-refractivity contribution in [2.24, 2.45) is 0 Å². The van der Waals surface area contributed by atoms with Gasteiger partial charge in [0.1, 0.15) is 0 Å². The number of anilines is 2. The van der Waals surface area contributed by atoms with Crippen LogP contribution in [0.3, 0.4) is 0 Å². The smallest absolute Gasteiger partial charge is 0.268 e. The van der Waals surface area contributed by atoms with Gasteiger partial charge in [-0.05, 0) is 73.1 Å². The zero-order chi connectivity index (χ0) is 24.5. The summed E-state index contributed by atoms with van der Waals surface area (Å²) in [4.78, 5) is 27.8. The molecule has 34 heavy (non-hydrogen) atoms. The Morgan fingerprint density at radius 1 is 0.618 bits per heavy atom. The molecule has 0 saturated heterocycles. The first-order chi connectivity index (χ1) is 16.5. The molecule has 178 valence electrons. The Bertz CT molecular complexity index is 990. The van der Waals surface area contributed by atoms with Crippen LogP contribution in [0, 0.1) is 0 Å². The quantitative estimate of drug-likeness (QED) is 0.270. The van der Waals surface area contributed by atoms with Crippen molar-refractivity contribution >= 4 is 47.1 Å². The van der Waals surface area contributed by atoms with E-state index in [0.717, 1.165) is 24.2 Å². The molecule has 0 N–H and O–H groups in total. The highest BCUT2D eigenvalue weighted by atomic mass is 32.2. The molecular formula is C28H32N2O2S2. The van der Waals surface area contributed by atoms with Gasteiger partial charge in [0, 0.05) is 10.5 Å². The molecule has 0 radical (unpaired) electrons. The second-order valence-electron chi connectivity index (χ2n) is 8.06. The largest absolute Gasteiger partial charge is 0.269 e. The van der Waals surface area contributed by atoms with Crippen LogP contribution >= 0.6 is 23.9 Å². The minimum absolute atomic E-state index is 0.193. The second kappa shape index (κ2) is 12.7. The summed E-state index contributed by atoms with van der Waals surface area (Å²) >= 11 is 2.99. The molecule has 2 amide bonds. The van der Waals surface area contributed by atoms with E-state index in [0.29, 0.717) is 11.1 Å². The molecule has 0 aliphatic heterocycles. The Hall–Kier alpha value is -2.70. The summed E-state index contributed by atoms with van der Waals surface area (Å²) in [5, 5.41) is 0.489. The van der Waals surface area contributed by atoms with Gasteiger partial charge >= 0.3 is 0 Å². The maximum Gasteiger partial charge on any atom is 0.269 e. The van der Waals surface area contributed by atoms with E-state index in [1.54, 1.807) is 20.7 Å². The maximum absolute atomic E-state index is 13.9. The Balaban J connectivity index is 2.03. The monoisotopic (exact) mass is 492 g/mol. The van der Waals surface area contributed by atoms with Crippen molar-refractivity contribution in [3.05, 3.63) is 96.1 Å². The lowest BCUT2D eigenvalue weighted by atomic mass is 10.1. The van der Waals surface area contributed by atoms with Gasteiger partial charge in [-0.3, -0.25) is 9.59 Å². The summed E-state index contributed by atoms with van der Waals surface area (Å²) in [6.45, 7) is 8.41. The lowest BCUT2D eigenvalue weighted by Crippen LogP contribution is -2.31. The first-order valence-corrected chi connectivity index (χ1v) is 13.3. The number of hydrogen-bond acceptors (Lipinski definition) is 4. The van der Waals surface area contributed by atoms with Gasteiger partial charge < -0.3 is 0 Å². The third kappa shape index (κ3) is 6.45. The van der Waals surface area contributed by atoms with E-state index in [1.807, 2.05) is 72.8 Å². The van der Waals surface area contributed by atoms with Crippen LogP contribution < -0.4 is 8.61 Å². The number of amides is 2. The molecule has 3 aromatic carbocycles. The van der Waals surface area contributed by atoms with Gasteiger partial charge in [-0.15, -0.1) is 0 Å². The van der Waals surface area contributed by atoms with Crippen molar-refractivity contribution < 1.29 is 9.59 Å². The summed E-state index contributed by atoms with van der Waals surface area (Å²) in [7, 11) is 0. The summed E-state index contributed by atoms with van der Waals surface area (Å²) in [6.07, 6.45) is 1.85.